The van der Waals surface area contributed by atoms with E-state index in [2.05, 4.69) is 15.3 Å². The molecule has 0 aliphatic carbocycles. The Morgan fingerprint density at radius 3 is 2.42 bits per heavy atom. The first-order valence-electron chi connectivity index (χ1n) is 4.09. The van der Waals surface area contributed by atoms with Crippen LogP contribution in [0.15, 0.2) is 15.3 Å². The monoisotopic (exact) mass is 170 g/mol. The predicted octanol–water partition coefficient (Wildman–Crippen LogP) is 1.78. The van der Waals surface area contributed by atoms with Gasteiger partial charge in [0.25, 0.3) is 0 Å². The molecule has 0 rings (SSSR count). The molecule has 0 atom stereocenters. The molecule has 0 heterocycles. The van der Waals surface area contributed by atoms with E-state index in [0.717, 1.165) is 0 Å². The maximum atomic E-state index is 4.00. The molecular weight excluding hydrogens is 152 g/mol. The summed E-state index contributed by atoms with van der Waals surface area (Å²) in [6, 6.07) is 0. The van der Waals surface area contributed by atoms with E-state index in [0.29, 0.717) is 6.54 Å². The van der Waals surface area contributed by atoms with Crippen LogP contribution in [0.5, 0.6) is 0 Å². The van der Waals surface area contributed by atoms with E-state index in [-0.39, 0.29) is 5.54 Å². The van der Waals surface area contributed by atoms with Crippen molar-refractivity contribution in [2.24, 2.45) is 15.3 Å². The second-order valence-corrected chi connectivity index (χ2v) is 3.11. The molecule has 0 amide bonds. The van der Waals surface area contributed by atoms with Crippen molar-refractivity contribution >= 4 is 6.21 Å². The van der Waals surface area contributed by atoms with Gasteiger partial charge in [-0.3, -0.25) is 10.0 Å². The molecule has 70 valence electrons. The van der Waals surface area contributed by atoms with Crippen molar-refractivity contribution in [2.45, 2.75) is 26.3 Å². The molecule has 4 nitrogen and oxygen atoms in total. The van der Waals surface area contributed by atoms with Crippen molar-refractivity contribution in [1.29, 1.82) is 0 Å². The lowest BCUT2D eigenvalue weighted by atomic mass is 10.1. The van der Waals surface area contributed by atoms with Crippen LogP contribution in [0, 0.1) is 0 Å². The summed E-state index contributed by atoms with van der Waals surface area (Å²) in [4.78, 5) is 3.97. The summed E-state index contributed by atoms with van der Waals surface area (Å²) in [5.41, 5.74) is -0.159. The number of hydrogen-bond donors (Lipinski definition) is 0. The van der Waals surface area contributed by atoms with E-state index in [1.54, 1.807) is 12.1 Å². The van der Waals surface area contributed by atoms with Gasteiger partial charge in [0.1, 0.15) is 0 Å². The molecule has 0 aliphatic heterocycles. The molecule has 0 fully saturated rings. The van der Waals surface area contributed by atoms with Crippen LogP contribution in [0.4, 0.5) is 0 Å². The Morgan fingerprint density at radius 1 is 1.42 bits per heavy atom. The first-order valence-corrected chi connectivity index (χ1v) is 4.09. The highest BCUT2D eigenvalue weighted by atomic mass is 15.6. The van der Waals surface area contributed by atoms with Crippen molar-refractivity contribution < 1.29 is 0 Å². The Kier molecular flexibility index (Phi) is 4.47. The molecule has 12 heavy (non-hydrogen) atoms. The highest BCUT2D eigenvalue weighted by Crippen LogP contribution is 2.09. The van der Waals surface area contributed by atoms with Crippen LogP contribution in [0.2, 0.25) is 0 Å². The summed E-state index contributed by atoms with van der Waals surface area (Å²) in [6.45, 7) is 6.74. The van der Waals surface area contributed by atoms with E-state index in [1.165, 1.54) is 0 Å². The first kappa shape index (κ1) is 11.1. The Labute approximate surface area is 74.4 Å². The highest BCUT2D eigenvalue weighted by molar-refractivity contribution is 5.68. The minimum Gasteiger partial charge on any atom is -0.298 e. The van der Waals surface area contributed by atoms with Gasteiger partial charge in [-0.1, -0.05) is 5.22 Å². The second kappa shape index (κ2) is 4.85. The fourth-order valence-corrected chi connectivity index (χ4v) is 0.673. The van der Waals surface area contributed by atoms with Gasteiger partial charge < -0.3 is 0 Å². The lowest BCUT2D eigenvalue weighted by molar-refractivity contribution is 0.219. The molecule has 0 aromatic rings. The first-order chi connectivity index (χ1) is 5.54. The molecule has 4 heteroatoms. The zero-order chi connectivity index (χ0) is 9.61. The van der Waals surface area contributed by atoms with Crippen LogP contribution in [-0.4, -0.2) is 37.4 Å². The second-order valence-electron chi connectivity index (χ2n) is 3.11. The smallest absolute Gasteiger partial charge is 0.0881 e. The molecule has 0 aromatic carbocycles. The van der Waals surface area contributed by atoms with E-state index in [4.69, 9.17) is 0 Å². The van der Waals surface area contributed by atoms with Crippen molar-refractivity contribution in [3.63, 3.8) is 0 Å². The van der Waals surface area contributed by atoms with E-state index >= 15 is 0 Å². The third-order valence-corrected chi connectivity index (χ3v) is 1.62. The number of aliphatic imine (C=N–C) groups is 1. The zero-order valence-corrected chi connectivity index (χ0v) is 8.57. The topological polar surface area (TPSA) is 40.3 Å². The quantitative estimate of drug-likeness (QED) is 0.360. The van der Waals surface area contributed by atoms with Crippen molar-refractivity contribution in [3.8, 4) is 0 Å². The fourth-order valence-electron chi connectivity index (χ4n) is 0.673. The predicted molar refractivity (Wildman–Crippen MR) is 51.7 cm³/mol. The van der Waals surface area contributed by atoms with E-state index < -0.39 is 0 Å². The summed E-state index contributed by atoms with van der Waals surface area (Å²) in [5.74, 6) is 0. The van der Waals surface area contributed by atoms with Gasteiger partial charge in [-0.15, -0.1) is 0 Å². The molecule has 0 aliphatic rings. The highest BCUT2D eigenvalue weighted by Gasteiger charge is 2.19. The van der Waals surface area contributed by atoms with Crippen molar-refractivity contribution in [2.75, 3.05) is 20.6 Å². The number of rotatable bonds is 4. The Morgan fingerprint density at radius 2 is 2.00 bits per heavy atom. The lowest BCUT2D eigenvalue weighted by Gasteiger charge is -2.27. The van der Waals surface area contributed by atoms with Crippen LogP contribution >= 0.6 is 0 Å². The van der Waals surface area contributed by atoms with Gasteiger partial charge in [-0.25, -0.2) is 0 Å². The zero-order valence-electron chi connectivity index (χ0n) is 8.57. The van der Waals surface area contributed by atoms with Crippen LogP contribution < -0.4 is 0 Å². The van der Waals surface area contributed by atoms with Gasteiger partial charge in [0.2, 0.25) is 0 Å². The van der Waals surface area contributed by atoms with Crippen LogP contribution in [-0.2, 0) is 0 Å². The van der Waals surface area contributed by atoms with E-state index in [1.807, 2.05) is 34.0 Å². The summed E-state index contributed by atoms with van der Waals surface area (Å²) >= 11 is 0. The molecule has 0 bridgehead atoms. The summed E-state index contributed by atoms with van der Waals surface area (Å²) < 4.78 is 0. The third-order valence-electron chi connectivity index (χ3n) is 1.62. The SMILES string of the molecule is CC/N=N\N(C)C(C)(C)/C=N\C. The standard InChI is InChI=1S/C8H18N4/c1-6-10-11-12(5)8(2,3)7-9-4/h7H,6H2,1-5H3/b9-7-,11-10-. The Bertz CT molecular complexity index is 172. The Hall–Kier alpha value is -0.930. The lowest BCUT2D eigenvalue weighted by Crippen LogP contribution is -2.38. The molecule has 0 saturated carbocycles. The van der Waals surface area contributed by atoms with Crippen LogP contribution in [0.3, 0.4) is 0 Å². The van der Waals surface area contributed by atoms with Gasteiger partial charge in [0.05, 0.1) is 12.1 Å². The molecular formula is C8H18N4. The molecule has 0 N–H and O–H groups in total. The minimum atomic E-state index is -0.159. The normalized spacial score (nSPS) is 13.1. The van der Waals surface area contributed by atoms with Crippen LogP contribution in [0.1, 0.15) is 20.8 Å². The molecule has 0 aromatic heterocycles. The average molecular weight is 170 g/mol. The van der Waals surface area contributed by atoms with Crippen LogP contribution in [0.25, 0.3) is 0 Å². The number of nitrogens with zero attached hydrogens (tertiary/aromatic N) is 4. The summed E-state index contributed by atoms with van der Waals surface area (Å²) in [5, 5.41) is 9.70. The molecule has 0 spiro atoms. The molecule has 0 saturated heterocycles. The third kappa shape index (κ3) is 3.46. The minimum absolute atomic E-state index is 0.159. The van der Waals surface area contributed by atoms with Gasteiger partial charge >= 0.3 is 0 Å². The maximum absolute atomic E-state index is 4.00. The van der Waals surface area contributed by atoms with Gasteiger partial charge in [-0.05, 0) is 20.8 Å². The summed E-state index contributed by atoms with van der Waals surface area (Å²) in [6.07, 6.45) is 1.85. The molecule has 0 unspecified atom stereocenters. The Balaban J connectivity index is 4.24. The van der Waals surface area contributed by atoms with E-state index in [9.17, 15) is 0 Å². The van der Waals surface area contributed by atoms with Gasteiger partial charge in [0, 0.05) is 20.3 Å². The fraction of sp³-hybridized carbons (Fsp3) is 0.875. The average Bonchev–Trinajstić information content (AvgIpc) is 2.00. The largest absolute Gasteiger partial charge is 0.298 e. The number of hydrogen-bond acceptors (Lipinski definition) is 3. The van der Waals surface area contributed by atoms with Crippen molar-refractivity contribution in [3.05, 3.63) is 0 Å². The van der Waals surface area contributed by atoms with Crippen molar-refractivity contribution in [1.82, 2.24) is 5.01 Å². The van der Waals surface area contributed by atoms with Gasteiger partial charge in [-0.2, -0.15) is 5.11 Å². The molecule has 0 radical (unpaired) electrons. The van der Waals surface area contributed by atoms with Gasteiger partial charge in [0.15, 0.2) is 0 Å². The maximum Gasteiger partial charge on any atom is 0.0881 e. The summed E-state index contributed by atoms with van der Waals surface area (Å²) in [7, 11) is 3.65.